The van der Waals surface area contributed by atoms with Crippen LogP contribution in [0.4, 0.5) is 11.5 Å². The van der Waals surface area contributed by atoms with Gasteiger partial charge in [-0.25, -0.2) is 0 Å². The minimum atomic E-state index is 0.738. The smallest absolute Gasteiger partial charge is 0.155 e. The topological polar surface area (TPSA) is 50.3 Å². The lowest BCUT2D eigenvalue weighted by molar-refractivity contribution is 0.415. The van der Waals surface area contributed by atoms with Gasteiger partial charge in [0.25, 0.3) is 0 Å². The predicted molar refractivity (Wildman–Crippen MR) is 80.5 cm³/mol. The third kappa shape index (κ3) is 3.24. The third-order valence-corrected chi connectivity index (χ3v) is 3.05. The van der Waals surface area contributed by atoms with Crippen molar-refractivity contribution in [2.45, 2.75) is 13.5 Å². The molecule has 106 valence electrons. The van der Waals surface area contributed by atoms with Crippen molar-refractivity contribution in [1.29, 1.82) is 0 Å². The highest BCUT2D eigenvalue weighted by Crippen LogP contribution is 2.30. The number of rotatable bonds is 6. The van der Waals surface area contributed by atoms with E-state index in [2.05, 4.69) is 22.4 Å². The van der Waals surface area contributed by atoms with Crippen molar-refractivity contribution in [3.63, 3.8) is 0 Å². The van der Waals surface area contributed by atoms with Gasteiger partial charge in [-0.15, -0.1) is 5.10 Å². The van der Waals surface area contributed by atoms with E-state index in [4.69, 9.17) is 4.74 Å². The molecule has 20 heavy (non-hydrogen) atoms. The van der Waals surface area contributed by atoms with Crippen LogP contribution in [-0.4, -0.2) is 30.9 Å². The lowest BCUT2D eigenvalue weighted by Gasteiger charge is -2.20. The van der Waals surface area contributed by atoms with Gasteiger partial charge in [-0.05, 0) is 30.8 Å². The number of para-hydroxylation sites is 2. The molecule has 2 aromatic rings. The number of ether oxygens (including phenoxy) is 1. The van der Waals surface area contributed by atoms with Crippen LogP contribution >= 0.6 is 0 Å². The fourth-order valence-corrected chi connectivity index (χ4v) is 1.91. The summed E-state index contributed by atoms with van der Waals surface area (Å²) in [5, 5.41) is 11.7. The molecule has 0 spiro atoms. The van der Waals surface area contributed by atoms with E-state index in [1.165, 1.54) is 0 Å². The average Bonchev–Trinajstić information content (AvgIpc) is 2.52. The van der Waals surface area contributed by atoms with Crippen LogP contribution in [0.25, 0.3) is 0 Å². The molecular formula is C15H20N4O. The Morgan fingerprint density at radius 1 is 1.15 bits per heavy atom. The van der Waals surface area contributed by atoms with Gasteiger partial charge in [0.1, 0.15) is 5.75 Å². The lowest BCUT2D eigenvalue weighted by Crippen LogP contribution is -2.16. The van der Waals surface area contributed by atoms with Gasteiger partial charge in [0.2, 0.25) is 0 Å². The van der Waals surface area contributed by atoms with E-state index >= 15 is 0 Å². The second kappa shape index (κ2) is 6.86. The summed E-state index contributed by atoms with van der Waals surface area (Å²) in [6.07, 6.45) is 0. The zero-order valence-electron chi connectivity index (χ0n) is 12.1. The van der Waals surface area contributed by atoms with Gasteiger partial charge in [0.15, 0.2) is 5.82 Å². The van der Waals surface area contributed by atoms with E-state index in [1.807, 2.05) is 48.3 Å². The molecule has 0 saturated carbocycles. The molecule has 0 saturated heterocycles. The number of aromatic nitrogens is 2. The second-order valence-electron chi connectivity index (χ2n) is 4.39. The van der Waals surface area contributed by atoms with E-state index < -0.39 is 0 Å². The zero-order chi connectivity index (χ0) is 14.4. The minimum Gasteiger partial charge on any atom is -0.495 e. The number of anilines is 2. The van der Waals surface area contributed by atoms with Gasteiger partial charge in [-0.2, -0.15) is 5.10 Å². The molecule has 0 aliphatic rings. The van der Waals surface area contributed by atoms with E-state index in [-0.39, 0.29) is 0 Å². The predicted octanol–water partition coefficient (Wildman–Crippen LogP) is 2.36. The molecule has 0 atom stereocenters. The standard InChI is InChI=1S/C15H20N4O/c1-4-16-11-12-9-10-15(18-17-12)19(2)13-7-5-6-8-14(13)20-3/h5-10,16H,4,11H2,1-3H3. The number of benzene rings is 1. The van der Waals surface area contributed by atoms with Gasteiger partial charge in [-0.1, -0.05) is 19.1 Å². The Morgan fingerprint density at radius 2 is 1.95 bits per heavy atom. The highest BCUT2D eigenvalue weighted by Gasteiger charge is 2.10. The van der Waals surface area contributed by atoms with Gasteiger partial charge >= 0.3 is 0 Å². The van der Waals surface area contributed by atoms with Crippen LogP contribution in [0.3, 0.4) is 0 Å². The minimum absolute atomic E-state index is 0.738. The molecule has 1 aromatic carbocycles. The highest BCUT2D eigenvalue weighted by atomic mass is 16.5. The lowest BCUT2D eigenvalue weighted by atomic mass is 10.2. The van der Waals surface area contributed by atoms with Crippen LogP contribution < -0.4 is 15.0 Å². The number of nitrogens with one attached hydrogen (secondary N) is 1. The molecule has 2 rings (SSSR count). The van der Waals surface area contributed by atoms with Crippen LogP contribution in [-0.2, 0) is 6.54 Å². The monoisotopic (exact) mass is 272 g/mol. The summed E-state index contributed by atoms with van der Waals surface area (Å²) in [4.78, 5) is 1.96. The first-order valence-electron chi connectivity index (χ1n) is 6.66. The maximum Gasteiger partial charge on any atom is 0.155 e. The quantitative estimate of drug-likeness (QED) is 0.875. The van der Waals surface area contributed by atoms with E-state index in [9.17, 15) is 0 Å². The number of hydrogen-bond acceptors (Lipinski definition) is 5. The molecule has 0 aliphatic heterocycles. The van der Waals surface area contributed by atoms with Crippen LogP contribution in [0, 0.1) is 0 Å². The maximum atomic E-state index is 5.36. The largest absolute Gasteiger partial charge is 0.495 e. The van der Waals surface area contributed by atoms with E-state index in [1.54, 1.807) is 7.11 Å². The third-order valence-electron chi connectivity index (χ3n) is 3.05. The van der Waals surface area contributed by atoms with Crippen LogP contribution in [0.2, 0.25) is 0 Å². The summed E-state index contributed by atoms with van der Waals surface area (Å²) in [5.74, 6) is 1.60. The average molecular weight is 272 g/mol. The molecule has 0 amide bonds. The van der Waals surface area contributed by atoms with Crippen molar-refractivity contribution in [3.05, 3.63) is 42.1 Å². The molecule has 0 radical (unpaired) electrons. The van der Waals surface area contributed by atoms with Gasteiger partial charge < -0.3 is 15.0 Å². The van der Waals surface area contributed by atoms with E-state index in [0.29, 0.717) is 0 Å². The van der Waals surface area contributed by atoms with Crippen LogP contribution in [0.5, 0.6) is 5.75 Å². The van der Waals surface area contributed by atoms with Gasteiger partial charge in [0.05, 0.1) is 18.5 Å². The van der Waals surface area contributed by atoms with Gasteiger partial charge in [0, 0.05) is 13.6 Å². The Balaban J connectivity index is 2.18. The van der Waals surface area contributed by atoms with Crippen molar-refractivity contribution in [3.8, 4) is 5.75 Å². The van der Waals surface area contributed by atoms with Crippen molar-refractivity contribution < 1.29 is 4.74 Å². The number of methoxy groups -OCH3 is 1. The molecule has 0 aliphatic carbocycles. The molecule has 5 heteroatoms. The fraction of sp³-hybridized carbons (Fsp3) is 0.333. The molecule has 1 N–H and O–H groups in total. The van der Waals surface area contributed by atoms with Crippen molar-refractivity contribution in [2.75, 3.05) is 25.6 Å². The van der Waals surface area contributed by atoms with Crippen molar-refractivity contribution in [1.82, 2.24) is 15.5 Å². The van der Waals surface area contributed by atoms with E-state index in [0.717, 1.165) is 36.0 Å². The van der Waals surface area contributed by atoms with Gasteiger partial charge in [-0.3, -0.25) is 0 Å². The summed E-state index contributed by atoms with van der Waals surface area (Å²) >= 11 is 0. The van der Waals surface area contributed by atoms with Crippen molar-refractivity contribution >= 4 is 11.5 Å². The van der Waals surface area contributed by atoms with Crippen LogP contribution in [0.15, 0.2) is 36.4 Å². The Labute approximate surface area is 119 Å². The molecule has 1 heterocycles. The first-order valence-corrected chi connectivity index (χ1v) is 6.66. The summed E-state index contributed by atoms with van der Waals surface area (Å²) in [5.41, 5.74) is 1.90. The summed E-state index contributed by atoms with van der Waals surface area (Å²) in [6.45, 7) is 3.73. The molecule has 0 bridgehead atoms. The molecule has 5 nitrogen and oxygen atoms in total. The van der Waals surface area contributed by atoms with Crippen molar-refractivity contribution in [2.24, 2.45) is 0 Å². The summed E-state index contributed by atoms with van der Waals surface area (Å²) < 4.78 is 5.36. The Hall–Kier alpha value is -2.14. The Kier molecular flexibility index (Phi) is 4.90. The molecule has 0 unspecified atom stereocenters. The first kappa shape index (κ1) is 14.3. The highest BCUT2D eigenvalue weighted by molar-refractivity contribution is 5.66. The normalized spacial score (nSPS) is 10.3. The maximum absolute atomic E-state index is 5.36. The summed E-state index contributed by atoms with van der Waals surface area (Å²) in [7, 11) is 3.61. The second-order valence-corrected chi connectivity index (χ2v) is 4.39. The molecule has 1 aromatic heterocycles. The molecule has 0 fully saturated rings. The number of hydrogen-bond donors (Lipinski definition) is 1. The summed E-state index contributed by atoms with van der Waals surface area (Å²) in [6, 6.07) is 11.8. The number of nitrogens with zero attached hydrogens (tertiary/aromatic N) is 3. The fourth-order valence-electron chi connectivity index (χ4n) is 1.91. The Morgan fingerprint density at radius 3 is 2.60 bits per heavy atom. The Bertz CT molecular complexity index is 542. The first-order chi connectivity index (χ1) is 9.76. The zero-order valence-corrected chi connectivity index (χ0v) is 12.1. The SMILES string of the molecule is CCNCc1ccc(N(C)c2ccccc2OC)nn1. The van der Waals surface area contributed by atoms with Crippen LogP contribution in [0.1, 0.15) is 12.6 Å². The molecular weight excluding hydrogens is 252 g/mol.